The predicted molar refractivity (Wildman–Crippen MR) is 68.6 cm³/mol. The van der Waals surface area contributed by atoms with Crippen molar-refractivity contribution in [3.63, 3.8) is 0 Å². The molecule has 2 N–H and O–H groups in total. The lowest BCUT2D eigenvalue weighted by atomic mass is 10.1. The maximum atomic E-state index is 13.0. The zero-order chi connectivity index (χ0) is 12.3. The molecule has 0 aliphatic carbocycles. The molecule has 0 fully saturated rings. The highest BCUT2D eigenvalue weighted by molar-refractivity contribution is 7.11. The van der Waals surface area contributed by atoms with E-state index in [9.17, 15) is 4.39 Å². The van der Waals surface area contributed by atoms with Crippen LogP contribution in [-0.2, 0) is 19.4 Å². The molecule has 0 atom stereocenters. The Bertz CT molecular complexity index is 486. The second-order valence-electron chi connectivity index (χ2n) is 3.84. The Balaban J connectivity index is 2.21. The Morgan fingerprint density at radius 3 is 2.82 bits per heavy atom. The van der Waals surface area contributed by atoms with E-state index in [2.05, 4.69) is 11.9 Å². The van der Waals surface area contributed by atoms with E-state index in [1.807, 2.05) is 6.07 Å². The van der Waals surface area contributed by atoms with Crippen LogP contribution in [-0.4, -0.2) is 4.98 Å². The summed E-state index contributed by atoms with van der Waals surface area (Å²) in [6.45, 7) is 2.60. The van der Waals surface area contributed by atoms with Crippen LogP contribution in [0.1, 0.15) is 28.1 Å². The molecule has 0 radical (unpaired) electrons. The minimum Gasteiger partial charge on any atom is -0.326 e. The number of halogens is 1. The number of nitrogens with zero attached hydrogens (tertiary/aromatic N) is 1. The van der Waals surface area contributed by atoms with Gasteiger partial charge in [-0.3, -0.25) is 0 Å². The summed E-state index contributed by atoms with van der Waals surface area (Å²) in [6, 6.07) is 6.64. The first-order valence-electron chi connectivity index (χ1n) is 5.65. The van der Waals surface area contributed by atoms with Crippen molar-refractivity contribution in [2.75, 3.05) is 0 Å². The highest BCUT2D eigenvalue weighted by Gasteiger charge is 2.09. The van der Waals surface area contributed by atoms with E-state index in [0.717, 1.165) is 27.6 Å². The van der Waals surface area contributed by atoms with Crippen LogP contribution < -0.4 is 5.73 Å². The van der Waals surface area contributed by atoms with E-state index in [1.165, 1.54) is 6.07 Å². The summed E-state index contributed by atoms with van der Waals surface area (Å²) in [4.78, 5) is 5.68. The number of thiazole rings is 1. The van der Waals surface area contributed by atoms with Crippen molar-refractivity contribution in [1.82, 2.24) is 4.98 Å². The number of aryl methyl sites for hydroxylation is 1. The molecular weight excluding hydrogens is 235 g/mol. The van der Waals surface area contributed by atoms with Gasteiger partial charge in [-0.15, -0.1) is 11.3 Å². The summed E-state index contributed by atoms with van der Waals surface area (Å²) in [5.41, 5.74) is 7.69. The van der Waals surface area contributed by atoms with Crippen molar-refractivity contribution in [2.24, 2.45) is 5.73 Å². The SMILES string of the molecule is CCc1nc(Cc2cccc(F)c2)sc1CN. The van der Waals surface area contributed by atoms with Crippen molar-refractivity contribution >= 4 is 11.3 Å². The Morgan fingerprint density at radius 1 is 1.41 bits per heavy atom. The van der Waals surface area contributed by atoms with Gasteiger partial charge in [0.1, 0.15) is 5.82 Å². The molecule has 0 saturated heterocycles. The molecule has 0 aliphatic heterocycles. The molecule has 0 amide bonds. The smallest absolute Gasteiger partial charge is 0.123 e. The summed E-state index contributed by atoms with van der Waals surface area (Å²) in [5.74, 6) is -0.200. The first-order valence-corrected chi connectivity index (χ1v) is 6.46. The molecule has 1 aromatic heterocycles. The molecule has 2 rings (SSSR count). The number of rotatable bonds is 4. The molecule has 0 aliphatic rings. The first kappa shape index (κ1) is 12.2. The average molecular weight is 250 g/mol. The standard InChI is InChI=1S/C13H15FN2S/c1-2-11-12(8-15)17-13(16-11)7-9-4-3-5-10(14)6-9/h3-6H,2,7-8,15H2,1H3. The summed E-state index contributed by atoms with van der Waals surface area (Å²) >= 11 is 1.63. The molecule has 0 unspecified atom stereocenters. The van der Waals surface area contributed by atoms with Gasteiger partial charge in [0.15, 0.2) is 0 Å². The molecule has 1 aromatic carbocycles. The number of nitrogens with two attached hydrogens (primary N) is 1. The topological polar surface area (TPSA) is 38.9 Å². The Morgan fingerprint density at radius 2 is 2.24 bits per heavy atom. The van der Waals surface area contributed by atoms with E-state index < -0.39 is 0 Å². The van der Waals surface area contributed by atoms with Gasteiger partial charge in [0, 0.05) is 17.8 Å². The van der Waals surface area contributed by atoms with E-state index >= 15 is 0 Å². The summed E-state index contributed by atoms with van der Waals surface area (Å²) < 4.78 is 13.0. The highest BCUT2D eigenvalue weighted by atomic mass is 32.1. The highest BCUT2D eigenvalue weighted by Crippen LogP contribution is 2.21. The number of hydrogen-bond donors (Lipinski definition) is 1. The lowest BCUT2D eigenvalue weighted by Crippen LogP contribution is -1.97. The predicted octanol–water partition coefficient (Wildman–Crippen LogP) is 2.89. The zero-order valence-corrected chi connectivity index (χ0v) is 10.6. The van der Waals surface area contributed by atoms with Crippen LogP contribution in [0.5, 0.6) is 0 Å². The Labute approximate surface area is 104 Å². The summed E-state index contributed by atoms with van der Waals surface area (Å²) in [7, 11) is 0. The maximum absolute atomic E-state index is 13.0. The lowest BCUT2D eigenvalue weighted by Gasteiger charge is -1.97. The van der Waals surface area contributed by atoms with Gasteiger partial charge in [-0.05, 0) is 24.1 Å². The third kappa shape index (κ3) is 2.90. The van der Waals surface area contributed by atoms with E-state index in [-0.39, 0.29) is 5.82 Å². The lowest BCUT2D eigenvalue weighted by molar-refractivity contribution is 0.626. The van der Waals surface area contributed by atoms with Gasteiger partial charge in [0.2, 0.25) is 0 Å². The number of aromatic nitrogens is 1. The normalized spacial score (nSPS) is 10.8. The van der Waals surface area contributed by atoms with Gasteiger partial charge < -0.3 is 5.73 Å². The van der Waals surface area contributed by atoms with Crippen LogP contribution in [0.15, 0.2) is 24.3 Å². The quantitative estimate of drug-likeness (QED) is 0.906. The molecule has 17 heavy (non-hydrogen) atoms. The van der Waals surface area contributed by atoms with Gasteiger partial charge in [-0.1, -0.05) is 19.1 Å². The van der Waals surface area contributed by atoms with Crippen LogP contribution in [0.25, 0.3) is 0 Å². The monoisotopic (exact) mass is 250 g/mol. The molecular formula is C13H15FN2S. The van der Waals surface area contributed by atoms with Crippen molar-refractivity contribution in [2.45, 2.75) is 26.3 Å². The minimum absolute atomic E-state index is 0.200. The fraction of sp³-hybridized carbons (Fsp3) is 0.308. The zero-order valence-electron chi connectivity index (χ0n) is 9.74. The van der Waals surface area contributed by atoms with Gasteiger partial charge in [-0.2, -0.15) is 0 Å². The maximum Gasteiger partial charge on any atom is 0.123 e. The van der Waals surface area contributed by atoms with Gasteiger partial charge in [0.25, 0.3) is 0 Å². The molecule has 1 heterocycles. The molecule has 90 valence electrons. The molecule has 2 aromatic rings. The number of benzene rings is 1. The van der Waals surface area contributed by atoms with Crippen LogP contribution in [0.3, 0.4) is 0 Å². The number of hydrogen-bond acceptors (Lipinski definition) is 3. The van der Waals surface area contributed by atoms with Gasteiger partial charge in [-0.25, -0.2) is 9.37 Å². The van der Waals surface area contributed by atoms with E-state index in [4.69, 9.17) is 5.73 Å². The van der Waals surface area contributed by atoms with Crippen LogP contribution >= 0.6 is 11.3 Å². The van der Waals surface area contributed by atoms with Crippen LogP contribution in [0.2, 0.25) is 0 Å². The van der Waals surface area contributed by atoms with Crippen molar-refractivity contribution in [3.05, 3.63) is 51.2 Å². The summed E-state index contributed by atoms with van der Waals surface area (Å²) in [5, 5.41) is 1.01. The first-order chi connectivity index (χ1) is 8.22. The molecule has 2 nitrogen and oxygen atoms in total. The van der Waals surface area contributed by atoms with E-state index in [1.54, 1.807) is 23.5 Å². The third-order valence-corrected chi connectivity index (χ3v) is 3.71. The average Bonchev–Trinajstić information content (AvgIpc) is 2.71. The summed E-state index contributed by atoms with van der Waals surface area (Å²) in [6.07, 6.45) is 1.57. The largest absolute Gasteiger partial charge is 0.326 e. The molecule has 4 heteroatoms. The molecule has 0 bridgehead atoms. The molecule has 0 saturated carbocycles. The Kier molecular flexibility index (Phi) is 3.86. The minimum atomic E-state index is -0.200. The molecule has 0 spiro atoms. The van der Waals surface area contributed by atoms with Gasteiger partial charge >= 0.3 is 0 Å². The second-order valence-corrected chi connectivity index (χ2v) is 5.01. The van der Waals surface area contributed by atoms with E-state index in [0.29, 0.717) is 13.0 Å². The third-order valence-electron chi connectivity index (χ3n) is 2.59. The van der Waals surface area contributed by atoms with Crippen molar-refractivity contribution < 1.29 is 4.39 Å². The second kappa shape index (κ2) is 5.38. The van der Waals surface area contributed by atoms with Crippen LogP contribution in [0, 0.1) is 5.82 Å². The van der Waals surface area contributed by atoms with Gasteiger partial charge in [0.05, 0.1) is 10.7 Å². The van der Waals surface area contributed by atoms with Crippen molar-refractivity contribution in [3.8, 4) is 0 Å². The Hall–Kier alpha value is -1.26. The van der Waals surface area contributed by atoms with Crippen LogP contribution in [0.4, 0.5) is 4.39 Å². The fourth-order valence-corrected chi connectivity index (χ4v) is 2.84. The van der Waals surface area contributed by atoms with Crippen molar-refractivity contribution in [1.29, 1.82) is 0 Å². The fourth-order valence-electron chi connectivity index (χ4n) is 1.77.